The van der Waals surface area contributed by atoms with Crippen LogP contribution in [-0.2, 0) is 16.0 Å². The highest BCUT2D eigenvalue weighted by Gasteiger charge is 2.26. The first-order chi connectivity index (χ1) is 14.2. The lowest BCUT2D eigenvalue weighted by Crippen LogP contribution is -2.42. The van der Waals surface area contributed by atoms with E-state index in [0.717, 1.165) is 23.3 Å². The van der Waals surface area contributed by atoms with Crippen LogP contribution in [0.2, 0.25) is 0 Å². The Morgan fingerprint density at radius 2 is 1.76 bits per heavy atom. The maximum absolute atomic E-state index is 12.5. The Labute approximate surface area is 172 Å². The molecule has 0 aliphatic carbocycles. The van der Waals surface area contributed by atoms with Gasteiger partial charge in [-0.1, -0.05) is 48.5 Å². The van der Waals surface area contributed by atoms with E-state index in [-0.39, 0.29) is 17.7 Å². The van der Waals surface area contributed by atoms with Gasteiger partial charge in [0.2, 0.25) is 11.8 Å². The number of methoxy groups -OCH3 is 1. The number of rotatable bonds is 7. The molecule has 1 saturated heterocycles. The fraction of sp³-hybridized carbons (Fsp3) is 0.333. The van der Waals surface area contributed by atoms with Gasteiger partial charge in [0.1, 0.15) is 5.75 Å². The molecule has 0 radical (unpaired) electrons. The van der Waals surface area contributed by atoms with Gasteiger partial charge < -0.3 is 15.0 Å². The van der Waals surface area contributed by atoms with Gasteiger partial charge in [-0.2, -0.15) is 0 Å². The summed E-state index contributed by atoms with van der Waals surface area (Å²) in [4.78, 5) is 26.7. The fourth-order valence-corrected chi connectivity index (χ4v) is 3.57. The Kier molecular flexibility index (Phi) is 7.45. The molecule has 1 fully saturated rings. The Morgan fingerprint density at radius 3 is 2.48 bits per heavy atom. The molecule has 2 aromatic carbocycles. The number of ether oxygens (including phenoxy) is 1. The van der Waals surface area contributed by atoms with E-state index in [2.05, 4.69) is 5.32 Å². The highest BCUT2D eigenvalue weighted by Crippen LogP contribution is 2.19. The molecule has 1 heterocycles. The van der Waals surface area contributed by atoms with Crippen LogP contribution in [0.15, 0.2) is 60.7 Å². The van der Waals surface area contributed by atoms with E-state index in [1.165, 1.54) is 0 Å². The largest absolute Gasteiger partial charge is 0.496 e. The van der Waals surface area contributed by atoms with Crippen molar-refractivity contribution in [1.82, 2.24) is 10.2 Å². The van der Waals surface area contributed by atoms with Crippen molar-refractivity contribution in [3.63, 3.8) is 0 Å². The first-order valence-electron chi connectivity index (χ1n) is 10.1. The Hall–Kier alpha value is -3.08. The summed E-state index contributed by atoms with van der Waals surface area (Å²) in [5, 5.41) is 3.03. The quantitative estimate of drug-likeness (QED) is 0.736. The van der Waals surface area contributed by atoms with Crippen LogP contribution in [0.25, 0.3) is 6.08 Å². The van der Waals surface area contributed by atoms with Crippen LogP contribution in [0.3, 0.4) is 0 Å². The third-order valence-electron chi connectivity index (χ3n) is 5.28. The Bertz CT molecular complexity index is 840. The monoisotopic (exact) mass is 392 g/mol. The number of carbonyl (C=O) groups is 2. The summed E-state index contributed by atoms with van der Waals surface area (Å²) in [6.07, 6.45) is 5.58. The average Bonchev–Trinajstić information content (AvgIpc) is 2.78. The van der Waals surface area contributed by atoms with Crippen molar-refractivity contribution in [2.75, 3.05) is 26.7 Å². The van der Waals surface area contributed by atoms with Gasteiger partial charge in [-0.3, -0.25) is 9.59 Å². The van der Waals surface area contributed by atoms with Crippen molar-refractivity contribution >= 4 is 17.9 Å². The zero-order valence-electron chi connectivity index (χ0n) is 16.8. The van der Waals surface area contributed by atoms with E-state index in [1.54, 1.807) is 13.2 Å². The van der Waals surface area contributed by atoms with Crippen LogP contribution in [0, 0.1) is 5.92 Å². The number of nitrogens with zero attached hydrogens (tertiary/aromatic N) is 1. The van der Waals surface area contributed by atoms with Crippen molar-refractivity contribution in [1.29, 1.82) is 0 Å². The fourth-order valence-electron chi connectivity index (χ4n) is 3.57. The first kappa shape index (κ1) is 20.6. The Morgan fingerprint density at radius 1 is 1.07 bits per heavy atom. The molecule has 0 spiro atoms. The lowest BCUT2D eigenvalue weighted by molar-refractivity contribution is -0.132. The zero-order chi connectivity index (χ0) is 20.5. The summed E-state index contributed by atoms with van der Waals surface area (Å²) in [6, 6.07) is 17.6. The number of benzene rings is 2. The summed E-state index contributed by atoms with van der Waals surface area (Å²) >= 11 is 0. The summed E-state index contributed by atoms with van der Waals surface area (Å²) in [5.74, 6) is 0.891. The second kappa shape index (κ2) is 10.5. The lowest BCUT2D eigenvalue weighted by Gasteiger charge is -2.30. The summed E-state index contributed by atoms with van der Waals surface area (Å²) in [7, 11) is 1.65. The maximum atomic E-state index is 12.5. The molecule has 2 aromatic rings. The van der Waals surface area contributed by atoms with Crippen molar-refractivity contribution < 1.29 is 14.3 Å². The highest BCUT2D eigenvalue weighted by molar-refractivity contribution is 5.92. The number of carbonyl (C=O) groups excluding carboxylic acids is 2. The van der Waals surface area contributed by atoms with Gasteiger partial charge in [-0.15, -0.1) is 0 Å². The molecule has 0 saturated carbocycles. The molecule has 0 atom stereocenters. The van der Waals surface area contributed by atoms with Crippen molar-refractivity contribution in [3.05, 3.63) is 71.8 Å². The molecule has 152 valence electrons. The van der Waals surface area contributed by atoms with E-state index in [4.69, 9.17) is 4.74 Å². The van der Waals surface area contributed by atoms with Crippen LogP contribution in [-0.4, -0.2) is 43.5 Å². The van der Waals surface area contributed by atoms with E-state index < -0.39 is 0 Å². The van der Waals surface area contributed by atoms with Crippen molar-refractivity contribution in [3.8, 4) is 5.75 Å². The molecule has 3 rings (SSSR count). The van der Waals surface area contributed by atoms with Crippen molar-refractivity contribution in [2.24, 2.45) is 5.92 Å². The predicted octanol–water partition coefficient (Wildman–Crippen LogP) is 3.31. The third-order valence-corrected chi connectivity index (χ3v) is 5.28. The van der Waals surface area contributed by atoms with Gasteiger partial charge in [0.25, 0.3) is 0 Å². The van der Waals surface area contributed by atoms with Gasteiger partial charge in [0.05, 0.1) is 7.11 Å². The summed E-state index contributed by atoms with van der Waals surface area (Å²) in [5.41, 5.74) is 2.09. The number of nitrogens with one attached hydrogen (secondary N) is 1. The number of amides is 2. The molecular formula is C24H28N2O3. The molecule has 1 aliphatic heterocycles. The van der Waals surface area contributed by atoms with E-state index >= 15 is 0 Å². The van der Waals surface area contributed by atoms with Gasteiger partial charge >= 0.3 is 0 Å². The molecular weight excluding hydrogens is 364 g/mol. The molecule has 1 N–H and O–H groups in total. The molecule has 29 heavy (non-hydrogen) atoms. The van der Waals surface area contributed by atoms with Gasteiger partial charge in [0, 0.05) is 31.6 Å². The molecule has 2 amide bonds. The minimum Gasteiger partial charge on any atom is -0.496 e. The number of hydrogen-bond donors (Lipinski definition) is 1. The maximum Gasteiger partial charge on any atom is 0.246 e. The van der Waals surface area contributed by atoms with Crippen LogP contribution in [0.4, 0.5) is 0 Å². The van der Waals surface area contributed by atoms with E-state index in [1.807, 2.05) is 65.6 Å². The van der Waals surface area contributed by atoms with Crippen LogP contribution in [0.1, 0.15) is 24.0 Å². The van der Waals surface area contributed by atoms with E-state index in [9.17, 15) is 9.59 Å². The predicted molar refractivity (Wildman–Crippen MR) is 114 cm³/mol. The number of hydrogen-bond acceptors (Lipinski definition) is 3. The van der Waals surface area contributed by atoms with Gasteiger partial charge in [-0.05, 0) is 42.5 Å². The third kappa shape index (κ3) is 5.95. The smallest absolute Gasteiger partial charge is 0.246 e. The number of piperidine rings is 1. The topological polar surface area (TPSA) is 58.6 Å². The second-order valence-electron chi connectivity index (χ2n) is 7.20. The zero-order valence-corrected chi connectivity index (χ0v) is 16.8. The van der Waals surface area contributed by atoms with Crippen LogP contribution in [0.5, 0.6) is 5.75 Å². The normalized spacial score (nSPS) is 14.7. The molecule has 1 aliphatic rings. The molecule has 0 unspecified atom stereocenters. The first-order valence-corrected chi connectivity index (χ1v) is 10.1. The highest BCUT2D eigenvalue weighted by atomic mass is 16.5. The average molecular weight is 392 g/mol. The number of likely N-dealkylation sites (tertiary alicyclic amines) is 1. The molecule has 5 nitrogen and oxygen atoms in total. The summed E-state index contributed by atoms with van der Waals surface area (Å²) in [6.45, 7) is 1.81. The Balaban J connectivity index is 1.41. The number of para-hydroxylation sites is 1. The summed E-state index contributed by atoms with van der Waals surface area (Å²) < 4.78 is 5.35. The second-order valence-corrected chi connectivity index (χ2v) is 7.20. The molecule has 0 bridgehead atoms. The van der Waals surface area contributed by atoms with Gasteiger partial charge in [-0.25, -0.2) is 0 Å². The van der Waals surface area contributed by atoms with E-state index in [0.29, 0.717) is 32.5 Å². The SMILES string of the molecule is COc1ccccc1CCNC(=O)C1CCN(C(=O)/C=C/c2ccccc2)CC1. The standard InChI is InChI=1S/C24H28N2O3/c1-29-22-10-6-5-9-20(22)13-16-25-24(28)21-14-17-26(18-15-21)23(27)12-11-19-7-3-2-4-8-19/h2-12,21H,13-18H2,1H3,(H,25,28)/b12-11+. The molecule has 5 heteroatoms. The van der Waals surface area contributed by atoms with Crippen LogP contribution >= 0.6 is 0 Å². The van der Waals surface area contributed by atoms with Crippen molar-refractivity contribution in [2.45, 2.75) is 19.3 Å². The minimum atomic E-state index is -0.0326. The minimum absolute atomic E-state index is 0.00360. The van der Waals surface area contributed by atoms with Gasteiger partial charge in [0.15, 0.2) is 0 Å². The lowest BCUT2D eigenvalue weighted by atomic mass is 9.95. The molecule has 0 aromatic heterocycles. The van der Waals surface area contributed by atoms with Crippen LogP contribution < -0.4 is 10.1 Å².